The number of carbonyl (C=O) groups excluding carboxylic acids is 1. The third-order valence-corrected chi connectivity index (χ3v) is 4.33. The van der Waals surface area contributed by atoms with Crippen molar-refractivity contribution in [3.8, 4) is 0 Å². The average Bonchev–Trinajstić information content (AvgIpc) is 2.95. The number of nitrogens with zero attached hydrogens (tertiary/aromatic N) is 2. The van der Waals surface area contributed by atoms with Crippen molar-refractivity contribution in [1.82, 2.24) is 15.1 Å². The summed E-state index contributed by atoms with van der Waals surface area (Å²) in [6, 6.07) is 7.98. The zero-order valence-electron chi connectivity index (χ0n) is 14.7. The number of benzene rings is 1. The van der Waals surface area contributed by atoms with Gasteiger partial charge in [0.2, 0.25) is 0 Å². The van der Waals surface area contributed by atoms with Crippen molar-refractivity contribution in [3.63, 3.8) is 0 Å². The first-order chi connectivity index (χ1) is 12.5. The smallest absolute Gasteiger partial charge is 0.408 e. The highest BCUT2D eigenvalue weighted by Crippen LogP contribution is 2.23. The van der Waals surface area contributed by atoms with Crippen LogP contribution in [-0.4, -0.2) is 33.0 Å². The second-order valence-electron chi connectivity index (χ2n) is 5.68. The van der Waals surface area contributed by atoms with Crippen LogP contribution in [0.25, 0.3) is 0 Å². The number of carboxylic acids is 1. The first-order valence-electron chi connectivity index (χ1n) is 8.40. The molecule has 8 heteroatoms. The van der Waals surface area contributed by atoms with E-state index in [9.17, 15) is 14.7 Å². The predicted molar refractivity (Wildman–Crippen MR) is 97.2 cm³/mol. The number of ether oxygens (including phenoxy) is 1. The fourth-order valence-corrected chi connectivity index (χ4v) is 2.86. The number of rotatable bonds is 8. The molecule has 1 atom stereocenters. The number of amides is 1. The van der Waals surface area contributed by atoms with E-state index in [4.69, 9.17) is 16.3 Å². The van der Waals surface area contributed by atoms with Crippen LogP contribution in [0, 0.1) is 0 Å². The summed E-state index contributed by atoms with van der Waals surface area (Å²) >= 11 is 6.31. The van der Waals surface area contributed by atoms with Crippen LogP contribution in [0.5, 0.6) is 0 Å². The van der Waals surface area contributed by atoms with Gasteiger partial charge in [0.1, 0.15) is 12.6 Å². The summed E-state index contributed by atoms with van der Waals surface area (Å²) in [5.74, 6) is -1.17. The van der Waals surface area contributed by atoms with Gasteiger partial charge in [0.15, 0.2) is 0 Å². The molecule has 0 saturated carbocycles. The Morgan fingerprint density at radius 1 is 1.31 bits per heavy atom. The second-order valence-corrected chi connectivity index (χ2v) is 6.06. The fourth-order valence-electron chi connectivity index (χ4n) is 2.51. The molecule has 0 aliphatic carbocycles. The first-order valence-corrected chi connectivity index (χ1v) is 8.78. The Balaban J connectivity index is 2.04. The van der Waals surface area contributed by atoms with E-state index in [1.54, 1.807) is 4.68 Å². The summed E-state index contributed by atoms with van der Waals surface area (Å²) in [5.41, 5.74) is 2.11. The third-order valence-electron chi connectivity index (χ3n) is 3.89. The van der Waals surface area contributed by atoms with Gasteiger partial charge < -0.3 is 15.2 Å². The largest absolute Gasteiger partial charge is 0.480 e. The molecular formula is C18H22ClN3O4. The summed E-state index contributed by atoms with van der Waals surface area (Å²) in [6.45, 7) is 4.43. The van der Waals surface area contributed by atoms with E-state index < -0.39 is 18.1 Å². The maximum atomic E-state index is 12.0. The van der Waals surface area contributed by atoms with Gasteiger partial charge in [-0.3, -0.25) is 4.68 Å². The Kier molecular flexibility index (Phi) is 7.03. The summed E-state index contributed by atoms with van der Waals surface area (Å²) in [4.78, 5) is 23.5. The summed E-state index contributed by atoms with van der Waals surface area (Å²) < 4.78 is 6.75. The van der Waals surface area contributed by atoms with Gasteiger partial charge >= 0.3 is 12.1 Å². The molecular weight excluding hydrogens is 358 g/mol. The van der Waals surface area contributed by atoms with E-state index in [2.05, 4.69) is 10.4 Å². The topological polar surface area (TPSA) is 93.5 Å². The molecule has 1 aromatic heterocycles. The van der Waals surface area contributed by atoms with Crippen LogP contribution in [0.3, 0.4) is 0 Å². The van der Waals surface area contributed by atoms with Crippen molar-refractivity contribution in [2.45, 2.75) is 45.9 Å². The molecule has 1 unspecified atom stereocenters. The van der Waals surface area contributed by atoms with E-state index in [0.29, 0.717) is 29.4 Å². The molecule has 0 bridgehead atoms. The standard InChI is InChI=1S/C18H22ClN3O4/c1-3-13-16(19)15(22(4-2)21-13)10-14(17(23)24)20-18(25)26-11-12-8-6-5-7-9-12/h5-9,14H,3-4,10-11H2,1-2H3,(H,20,25)(H,23,24). The van der Waals surface area contributed by atoms with Gasteiger partial charge in [0.05, 0.1) is 16.4 Å². The summed E-state index contributed by atoms with van der Waals surface area (Å²) in [7, 11) is 0. The molecule has 1 heterocycles. The third kappa shape index (κ3) is 4.98. The van der Waals surface area contributed by atoms with Gasteiger partial charge in [-0.2, -0.15) is 5.10 Å². The van der Waals surface area contributed by atoms with Crippen molar-refractivity contribution in [2.75, 3.05) is 0 Å². The maximum Gasteiger partial charge on any atom is 0.408 e. The van der Waals surface area contributed by atoms with E-state index in [1.165, 1.54) is 0 Å². The number of aryl methyl sites for hydroxylation is 2. The molecule has 0 aliphatic rings. The number of halogens is 1. The van der Waals surface area contributed by atoms with Gasteiger partial charge in [-0.05, 0) is 18.9 Å². The fraction of sp³-hybridized carbons (Fsp3) is 0.389. The number of carbonyl (C=O) groups is 2. The lowest BCUT2D eigenvalue weighted by molar-refractivity contribution is -0.139. The molecule has 0 aliphatic heterocycles. The maximum absolute atomic E-state index is 12.0. The van der Waals surface area contributed by atoms with Gasteiger partial charge in [0.25, 0.3) is 0 Å². The Bertz CT molecular complexity index is 761. The molecule has 2 N–H and O–H groups in total. The van der Waals surface area contributed by atoms with Crippen LogP contribution in [0.2, 0.25) is 5.02 Å². The molecule has 7 nitrogen and oxygen atoms in total. The number of hydrogen-bond acceptors (Lipinski definition) is 4. The molecule has 2 aromatic rings. The van der Waals surface area contributed by atoms with Crippen LogP contribution < -0.4 is 5.32 Å². The van der Waals surface area contributed by atoms with Crippen LogP contribution in [0.4, 0.5) is 4.79 Å². The zero-order valence-corrected chi connectivity index (χ0v) is 15.5. The highest BCUT2D eigenvalue weighted by Gasteiger charge is 2.25. The van der Waals surface area contributed by atoms with Crippen LogP contribution in [0.15, 0.2) is 30.3 Å². The van der Waals surface area contributed by atoms with E-state index >= 15 is 0 Å². The SMILES string of the molecule is CCc1nn(CC)c(CC(NC(=O)OCc2ccccc2)C(=O)O)c1Cl. The highest BCUT2D eigenvalue weighted by molar-refractivity contribution is 6.31. The van der Waals surface area contributed by atoms with Gasteiger partial charge in [-0.25, -0.2) is 9.59 Å². The lowest BCUT2D eigenvalue weighted by Crippen LogP contribution is -2.43. The van der Waals surface area contributed by atoms with E-state index in [0.717, 1.165) is 5.56 Å². The molecule has 0 radical (unpaired) electrons. The number of carboxylic acid groups (broad SMARTS) is 1. The minimum absolute atomic E-state index is 0.0233. The minimum atomic E-state index is -1.17. The zero-order chi connectivity index (χ0) is 19.1. The normalized spacial score (nSPS) is 11.8. The lowest BCUT2D eigenvalue weighted by Gasteiger charge is -2.15. The van der Waals surface area contributed by atoms with Crippen LogP contribution in [-0.2, 0) is 35.5 Å². The highest BCUT2D eigenvalue weighted by atomic mass is 35.5. The summed E-state index contributed by atoms with van der Waals surface area (Å²) in [6.07, 6.45) is -0.130. The van der Waals surface area contributed by atoms with Gasteiger partial charge in [-0.15, -0.1) is 0 Å². The van der Waals surface area contributed by atoms with Gasteiger partial charge in [0, 0.05) is 13.0 Å². The summed E-state index contributed by atoms with van der Waals surface area (Å²) in [5, 5.41) is 16.6. The number of nitrogens with one attached hydrogen (secondary N) is 1. The van der Waals surface area contributed by atoms with Crippen molar-refractivity contribution >= 4 is 23.7 Å². The van der Waals surface area contributed by atoms with Crippen molar-refractivity contribution in [3.05, 3.63) is 52.3 Å². The Morgan fingerprint density at radius 2 is 2.00 bits per heavy atom. The molecule has 0 fully saturated rings. The van der Waals surface area contributed by atoms with Crippen molar-refractivity contribution < 1.29 is 19.4 Å². The number of aliphatic carboxylic acids is 1. The van der Waals surface area contributed by atoms with Crippen molar-refractivity contribution in [2.24, 2.45) is 0 Å². The molecule has 140 valence electrons. The van der Waals surface area contributed by atoms with E-state index in [1.807, 2.05) is 44.2 Å². The predicted octanol–water partition coefficient (Wildman–Crippen LogP) is 3.04. The molecule has 1 amide bonds. The average molecular weight is 380 g/mol. The Morgan fingerprint density at radius 3 is 2.58 bits per heavy atom. The van der Waals surface area contributed by atoms with Crippen LogP contribution >= 0.6 is 11.6 Å². The van der Waals surface area contributed by atoms with Crippen LogP contribution in [0.1, 0.15) is 30.8 Å². The molecule has 2 rings (SSSR count). The molecule has 1 aromatic carbocycles. The second kappa shape index (κ2) is 9.24. The lowest BCUT2D eigenvalue weighted by atomic mass is 10.1. The number of alkyl carbamates (subject to hydrolysis) is 1. The number of hydrogen-bond donors (Lipinski definition) is 2. The van der Waals surface area contributed by atoms with E-state index in [-0.39, 0.29) is 13.0 Å². The first kappa shape index (κ1) is 19.8. The minimum Gasteiger partial charge on any atom is -0.480 e. The molecule has 0 saturated heterocycles. The monoisotopic (exact) mass is 379 g/mol. The Hall–Kier alpha value is -2.54. The quantitative estimate of drug-likeness (QED) is 0.735. The van der Waals surface area contributed by atoms with Gasteiger partial charge in [-0.1, -0.05) is 48.9 Å². The Labute approximate surface area is 156 Å². The number of aromatic nitrogens is 2. The molecule has 26 heavy (non-hydrogen) atoms. The van der Waals surface area contributed by atoms with Crippen molar-refractivity contribution in [1.29, 1.82) is 0 Å². The molecule has 0 spiro atoms.